The second-order valence-corrected chi connectivity index (χ2v) is 5.90. The number of aryl methyl sites for hydroxylation is 2. The first-order chi connectivity index (χ1) is 9.56. The Morgan fingerprint density at radius 2 is 1.90 bits per heavy atom. The van der Waals surface area contributed by atoms with Crippen molar-refractivity contribution in [3.8, 4) is 0 Å². The SMILES string of the molecule is Cc1ccc2c(C(=O)c3ccc(Br)c(C)c3)c[nH]c2c1. The van der Waals surface area contributed by atoms with Crippen LogP contribution in [0.2, 0.25) is 0 Å². The van der Waals surface area contributed by atoms with Gasteiger partial charge in [0.2, 0.25) is 0 Å². The first-order valence-electron chi connectivity index (χ1n) is 6.45. The lowest BCUT2D eigenvalue weighted by molar-refractivity contribution is 0.104. The van der Waals surface area contributed by atoms with Gasteiger partial charge in [-0.25, -0.2) is 0 Å². The molecule has 0 aliphatic heterocycles. The summed E-state index contributed by atoms with van der Waals surface area (Å²) in [6.45, 7) is 4.03. The topological polar surface area (TPSA) is 32.9 Å². The Kier molecular flexibility index (Phi) is 3.22. The van der Waals surface area contributed by atoms with E-state index in [9.17, 15) is 4.79 Å². The summed E-state index contributed by atoms with van der Waals surface area (Å²) >= 11 is 3.46. The fraction of sp³-hybridized carbons (Fsp3) is 0.118. The average molecular weight is 328 g/mol. The van der Waals surface area contributed by atoms with Gasteiger partial charge in [-0.3, -0.25) is 4.79 Å². The van der Waals surface area contributed by atoms with Gasteiger partial charge in [0.15, 0.2) is 5.78 Å². The van der Waals surface area contributed by atoms with E-state index in [1.807, 2.05) is 44.2 Å². The number of rotatable bonds is 2. The van der Waals surface area contributed by atoms with Crippen molar-refractivity contribution in [1.29, 1.82) is 0 Å². The fourth-order valence-electron chi connectivity index (χ4n) is 2.37. The molecule has 0 aliphatic rings. The number of carbonyl (C=O) groups excluding carboxylic acids is 1. The minimum absolute atomic E-state index is 0.0516. The zero-order valence-corrected chi connectivity index (χ0v) is 12.9. The normalized spacial score (nSPS) is 10.9. The third-order valence-electron chi connectivity index (χ3n) is 3.50. The highest BCUT2D eigenvalue weighted by Crippen LogP contribution is 2.24. The van der Waals surface area contributed by atoms with E-state index in [-0.39, 0.29) is 5.78 Å². The van der Waals surface area contributed by atoms with E-state index in [0.717, 1.165) is 26.5 Å². The molecular weight excluding hydrogens is 314 g/mol. The van der Waals surface area contributed by atoms with Crippen molar-refractivity contribution in [2.45, 2.75) is 13.8 Å². The smallest absolute Gasteiger partial charge is 0.195 e. The van der Waals surface area contributed by atoms with Gasteiger partial charge >= 0.3 is 0 Å². The molecule has 0 atom stereocenters. The molecule has 3 heteroatoms. The summed E-state index contributed by atoms with van der Waals surface area (Å²) in [5, 5.41) is 0.973. The van der Waals surface area contributed by atoms with Crippen LogP contribution in [0.5, 0.6) is 0 Å². The Balaban J connectivity index is 2.10. The van der Waals surface area contributed by atoms with Crippen LogP contribution in [0, 0.1) is 13.8 Å². The maximum absolute atomic E-state index is 12.6. The van der Waals surface area contributed by atoms with E-state index in [0.29, 0.717) is 5.56 Å². The highest BCUT2D eigenvalue weighted by Gasteiger charge is 2.14. The number of H-pyrrole nitrogens is 1. The fourth-order valence-corrected chi connectivity index (χ4v) is 2.62. The molecule has 0 amide bonds. The van der Waals surface area contributed by atoms with Crippen LogP contribution in [0.1, 0.15) is 27.0 Å². The second kappa shape index (κ2) is 4.91. The van der Waals surface area contributed by atoms with Crippen LogP contribution in [-0.4, -0.2) is 10.8 Å². The zero-order valence-electron chi connectivity index (χ0n) is 11.3. The summed E-state index contributed by atoms with van der Waals surface area (Å²) in [5.41, 5.74) is 4.68. The highest BCUT2D eigenvalue weighted by atomic mass is 79.9. The molecule has 0 radical (unpaired) electrons. The van der Waals surface area contributed by atoms with Crippen LogP contribution in [-0.2, 0) is 0 Å². The summed E-state index contributed by atoms with van der Waals surface area (Å²) in [6, 6.07) is 11.8. The minimum Gasteiger partial charge on any atom is -0.360 e. The number of hydrogen-bond donors (Lipinski definition) is 1. The molecule has 0 fully saturated rings. The summed E-state index contributed by atoms with van der Waals surface area (Å²) in [4.78, 5) is 15.8. The molecule has 100 valence electrons. The van der Waals surface area contributed by atoms with Gasteiger partial charge in [-0.1, -0.05) is 28.1 Å². The number of aromatic nitrogens is 1. The Morgan fingerprint density at radius 3 is 2.65 bits per heavy atom. The molecule has 20 heavy (non-hydrogen) atoms. The van der Waals surface area contributed by atoms with Gasteiger partial charge in [0.1, 0.15) is 0 Å². The number of fused-ring (bicyclic) bond motifs is 1. The molecule has 2 aromatic carbocycles. The molecule has 3 aromatic rings. The second-order valence-electron chi connectivity index (χ2n) is 5.04. The monoisotopic (exact) mass is 327 g/mol. The van der Waals surface area contributed by atoms with E-state index in [2.05, 4.69) is 27.0 Å². The third-order valence-corrected chi connectivity index (χ3v) is 4.39. The number of benzene rings is 2. The van der Waals surface area contributed by atoms with Crippen LogP contribution in [0.3, 0.4) is 0 Å². The summed E-state index contributed by atoms with van der Waals surface area (Å²) in [7, 11) is 0. The van der Waals surface area contributed by atoms with Crippen molar-refractivity contribution in [3.05, 3.63) is 69.3 Å². The zero-order chi connectivity index (χ0) is 14.3. The van der Waals surface area contributed by atoms with Crippen molar-refractivity contribution < 1.29 is 4.79 Å². The first-order valence-corrected chi connectivity index (χ1v) is 7.24. The number of halogens is 1. The number of hydrogen-bond acceptors (Lipinski definition) is 1. The standard InChI is InChI=1S/C17H14BrNO/c1-10-3-5-13-14(9-19-16(13)7-10)17(20)12-4-6-15(18)11(2)8-12/h3-9,19H,1-2H3. The van der Waals surface area contributed by atoms with Crippen LogP contribution in [0.4, 0.5) is 0 Å². The summed E-state index contributed by atoms with van der Waals surface area (Å²) in [6.07, 6.45) is 1.80. The van der Waals surface area contributed by atoms with E-state index < -0.39 is 0 Å². The van der Waals surface area contributed by atoms with Crippen molar-refractivity contribution in [2.75, 3.05) is 0 Å². The number of aromatic amines is 1. The maximum atomic E-state index is 12.6. The Labute approximate surface area is 126 Å². The lowest BCUT2D eigenvalue weighted by Crippen LogP contribution is -2.00. The van der Waals surface area contributed by atoms with Crippen molar-refractivity contribution in [3.63, 3.8) is 0 Å². The third kappa shape index (κ3) is 2.18. The van der Waals surface area contributed by atoms with Gasteiger partial charge in [0, 0.05) is 32.7 Å². The molecule has 0 aliphatic carbocycles. The largest absolute Gasteiger partial charge is 0.360 e. The average Bonchev–Trinajstić information content (AvgIpc) is 2.84. The minimum atomic E-state index is 0.0516. The highest BCUT2D eigenvalue weighted by molar-refractivity contribution is 9.10. The molecule has 0 spiro atoms. The quantitative estimate of drug-likeness (QED) is 0.675. The van der Waals surface area contributed by atoms with E-state index in [1.54, 1.807) is 6.20 Å². The van der Waals surface area contributed by atoms with E-state index >= 15 is 0 Å². The molecule has 0 saturated carbocycles. The Hall–Kier alpha value is -1.87. The van der Waals surface area contributed by atoms with Crippen LogP contribution in [0.25, 0.3) is 10.9 Å². The van der Waals surface area contributed by atoms with Gasteiger partial charge in [-0.15, -0.1) is 0 Å². The van der Waals surface area contributed by atoms with Crippen molar-refractivity contribution in [2.24, 2.45) is 0 Å². The molecule has 1 N–H and O–H groups in total. The van der Waals surface area contributed by atoms with Crippen LogP contribution < -0.4 is 0 Å². The number of nitrogens with one attached hydrogen (secondary N) is 1. The molecule has 2 nitrogen and oxygen atoms in total. The Bertz CT molecular complexity index is 817. The van der Waals surface area contributed by atoms with Crippen LogP contribution >= 0.6 is 15.9 Å². The van der Waals surface area contributed by atoms with Gasteiger partial charge in [-0.2, -0.15) is 0 Å². The van der Waals surface area contributed by atoms with E-state index in [1.165, 1.54) is 5.56 Å². The van der Waals surface area contributed by atoms with Gasteiger partial charge in [0.25, 0.3) is 0 Å². The molecule has 1 heterocycles. The van der Waals surface area contributed by atoms with Crippen molar-refractivity contribution >= 4 is 32.6 Å². The van der Waals surface area contributed by atoms with Gasteiger partial charge in [-0.05, 0) is 49.2 Å². The number of carbonyl (C=O) groups is 1. The predicted molar refractivity (Wildman–Crippen MR) is 85.3 cm³/mol. The van der Waals surface area contributed by atoms with Crippen molar-refractivity contribution in [1.82, 2.24) is 4.98 Å². The molecule has 3 rings (SSSR count). The van der Waals surface area contributed by atoms with Gasteiger partial charge < -0.3 is 4.98 Å². The number of ketones is 1. The molecule has 0 bridgehead atoms. The van der Waals surface area contributed by atoms with Crippen LogP contribution in [0.15, 0.2) is 47.1 Å². The predicted octanol–water partition coefficient (Wildman–Crippen LogP) is 4.78. The Morgan fingerprint density at radius 1 is 1.10 bits per heavy atom. The molecule has 0 saturated heterocycles. The van der Waals surface area contributed by atoms with Gasteiger partial charge in [0.05, 0.1) is 0 Å². The maximum Gasteiger partial charge on any atom is 0.195 e. The van der Waals surface area contributed by atoms with E-state index in [4.69, 9.17) is 0 Å². The molecule has 0 unspecified atom stereocenters. The lowest BCUT2D eigenvalue weighted by atomic mass is 10.0. The lowest BCUT2D eigenvalue weighted by Gasteiger charge is -2.03. The summed E-state index contributed by atoms with van der Waals surface area (Å²) < 4.78 is 1.02. The molecule has 1 aromatic heterocycles. The summed E-state index contributed by atoms with van der Waals surface area (Å²) in [5.74, 6) is 0.0516. The first kappa shape index (κ1) is 13.1. The molecular formula is C17H14BrNO.